The van der Waals surface area contributed by atoms with Gasteiger partial charge in [-0.1, -0.05) is 60.7 Å². The maximum Gasteiger partial charge on any atom is 0.338 e. The summed E-state index contributed by atoms with van der Waals surface area (Å²) < 4.78 is 5.16. The quantitative estimate of drug-likeness (QED) is 0.554. The first-order chi connectivity index (χ1) is 12.1. The van der Waals surface area contributed by atoms with Gasteiger partial charge in [-0.3, -0.25) is 4.79 Å². The number of carbonyl (C=O) groups is 2. The molecule has 1 amide bonds. The first-order valence-corrected chi connectivity index (χ1v) is 7.52. The van der Waals surface area contributed by atoms with Crippen LogP contribution in [0.2, 0.25) is 0 Å². The number of ether oxygens (including phenoxy) is 1. The number of hydrogen-bond donors (Lipinski definition) is 2. The highest BCUT2D eigenvalue weighted by Crippen LogP contribution is 2.23. The van der Waals surface area contributed by atoms with Crippen molar-refractivity contribution in [1.82, 2.24) is 9.97 Å². The molecular formula is C19H15N3O3. The Morgan fingerprint density at radius 2 is 1.52 bits per heavy atom. The number of benzene rings is 2. The van der Waals surface area contributed by atoms with Crippen LogP contribution in [0.4, 0.5) is 0 Å². The first kappa shape index (κ1) is 16.2. The zero-order valence-corrected chi connectivity index (χ0v) is 13.2. The summed E-state index contributed by atoms with van der Waals surface area (Å²) in [4.78, 5) is 30.0. The Labute approximate surface area is 144 Å². The van der Waals surface area contributed by atoms with Crippen molar-refractivity contribution in [2.45, 2.75) is 0 Å². The van der Waals surface area contributed by atoms with Crippen LogP contribution in [0.5, 0.6) is 5.88 Å². The number of H-pyrrole nitrogens is 1. The van der Waals surface area contributed by atoms with Gasteiger partial charge in [0.2, 0.25) is 0 Å². The van der Waals surface area contributed by atoms with E-state index < -0.39 is 11.9 Å². The third-order valence-electron chi connectivity index (χ3n) is 3.48. The Morgan fingerprint density at radius 1 is 0.960 bits per heavy atom. The van der Waals surface area contributed by atoms with Crippen molar-refractivity contribution in [3.63, 3.8) is 0 Å². The average molecular weight is 333 g/mol. The largest absolute Gasteiger partial charge is 0.402 e. The summed E-state index contributed by atoms with van der Waals surface area (Å²) in [5.74, 6) is -1.55. The lowest BCUT2D eigenvalue weighted by atomic mass is 9.98. The molecule has 3 rings (SSSR count). The fraction of sp³-hybridized carbons (Fsp3) is 0. The summed E-state index contributed by atoms with van der Waals surface area (Å²) >= 11 is 0. The number of rotatable bonds is 5. The number of nitrogens with one attached hydrogen (secondary N) is 1. The number of nitrogens with two attached hydrogens (primary N) is 1. The van der Waals surface area contributed by atoms with E-state index in [0.717, 1.165) is 11.1 Å². The van der Waals surface area contributed by atoms with Crippen LogP contribution in [0.15, 0.2) is 73.1 Å². The Kier molecular flexibility index (Phi) is 4.71. The fourth-order valence-electron chi connectivity index (χ4n) is 2.35. The van der Waals surface area contributed by atoms with Crippen LogP contribution in [0.25, 0.3) is 5.57 Å². The molecule has 3 N–H and O–H groups in total. The third kappa shape index (κ3) is 3.81. The molecule has 0 bridgehead atoms. The molecule has 3 aromatic rings. The molecule has 0 saturated heterocycles. The molecule has 0 radical (unpaired) electrons. The number of amides is 1. The van der Waals surface area contributed by atoms with E-state index in [1.165, 1.54) is 12.4 Å². The number of primary amides is 1. The smallest absolute Gasteiger partial charge is 0.338 e. The van der Waals surface area contributed by atoms with Gasteiger partial charge < -0.3 is 15.5 Å². The lowest BCUT2D eigenvalue weighted by Gasteiger charge is -2.08. The van der Waals surface area contributed by atoms with Crippen LogP contribution in [0.1, 0.15) is 21.6 Å². The van der Waals surface area contributed by atoms with E-state index in [2.05, 4.69) is 9.97 Å². The van der Waals surface area contributed by atoms with Gasteiger partial charge >= 0.3 is 5.97 Å². The molecule has 0 spiro atoms. The monoisotopic (exact) mass is 333 g/mol. The molecule has 1 aromatic heterocycles. The fourth-order valence-corrected chi connectivity index (χ4v) is 2.35. The van der Waals surface area contributed by atoms with E-state index in [1.807, 2.05) is 60.7 Å². The topological polar surface area (TPSA) is 98.1 Å². The lowest BCUT2D eigenvalue weighted by Crippen LogP contribution is -2.15. The summed E-state index contributed by atoms with van der Waals surface area (Å²) in [5.41, 5.74) is 7.57. The van der Waals surface area contributed by atoms with E-state index in [4.69, 9.17) is 10.5 Å². The van der Waals surface area contributed by atoms with Gasteiger partial charge in [0.15, 0.2) is 5.69 Å². The highest BCUT2D eigenvalue weighted by atomic mass is 16.5. The van der Waals surface area contributed by atoms with Gasteiger partial charge in [0, 0.05) is 6.08 Å². The maximum absolute atomic E-state index is 12.3. The van der Waals surface area contributed by atoms with E-state index in [-0.39, 0.29) is 11.6 Å². The molecule has 124 valence electrons. The van der Waals surface area contributed by atoms with Crippen molar-refractivity contribution in [2.75, 3.05) is 0 Å². The predicted molar refractivity (Wildman–Crippen MR) is 92.7 cm³/mol. The van der Waals surface area contributed by atoms with Gasteiger partial charge in [0.05, 0.1) is 6.33 Å². The van der Waals surface area contributed by atoms with Gasteiger partial charge in [0.25, 0.3) is 11.8 Å². The minimum absolute atomic E-state index is 0.0530. The molecule has 0 unspecified atom stereocenters. The standard InChI is InChI=1S/C19H15N3O3/c20-18(24)17-19(22-12-21-17)25-16(23)11-15(13-7-3-1-4-8-13)14-9-5-2-6-10-14/h1-12H,(H2,20,24)(H,21,22). The number of nitrogens with zero attached hydrogens (tertiary/aromatic N) is 1. The second-order valence-corrected chi connectivity index (χ2v) is 5.16. The Balaban J connectivity index is 1.94. The van der Waals surface area contributed by atoms with Crippen LogP contribution < -0.4 is 10.5 Å². The van der Waals surface area contributed by atoms with Gasteiger partial charge in [0.1, 0.15) is 0 Å². The highest BCUT2D eigenvalue weighted by Gasteiger charge is 2.16. The van der Waals surface area contributed by atoms with Gasteiger partial charge in [-0.15, -0.1) is 0 Å². The van der Waals surface area contributed by atoms with Gasteiger partial charge in [-0.2, -0.15) is 0 Å². The van der Waals surface area contributed by atoms with E-state index in [9.17, 15) is 9.59 Å². The zero-order chi connectivity index (χ0) is 17.6. The second kappa shape index (κ2) is 7.27. The minimum atomic E-state index is -0.754. The molecule has 0 fully saturated rings. The van der Waals surface area contributed by atoms with Crippen molar-refractivity contribution in [3.8, 4) is 5.88 Å². The number of esters is 1. The number of imidazole rings is 1. The number of hydrogen-bond acceptors (Lipinski definition) is 4. The van der Waals surface area contributed by atoms with E-state index in [1.54, 1.807) is 0 Å². The molecule has 0 aliphatic carbocycles. The molecular weight excluding hydrogens is 318 g/mol. The van der Waals surface area contributed by atoms with Crippen molar-refractivity contribution < 1.29 is 14.3 Å². The number of aromatic amines is 1. The first-order valence-electron chi connectivity index (χ1n) is 7.52. The third-order valence-corrected chi connectivity index (χ3v) is 3.48. The summed E-state index contributed by atoms with van der Waals surface area (Å²) in [6.45, 7) is 0. The molecule has 0 aliphatic rings. The van der Waals surface area contributed by atoms with Crippen LogP contribution in [-0.4, -0.2) is 21.8 Å². The molecule has 2 aromatic carbocycles. The number of carbonyl (C=O) groups excluding carboxylic acids is 2. The van der Waals surface area contributed by atoms with E-state index >= 15 is 0 Å². The molecule has 6 nitrogen and oxygen atoms in total. The summed E-state index contributed by atoms with van der Waals surface area (Å²) in [6.07, 6.45) is 2.60. The lowest BCUT2D eigenvalue weighted by molar-refractivity contribution is -0.129. The average Bonchev–Trinajstić information content (AvgIpc) is 3.09. The molecule has 0 aliphatic heterocycles. The van der Waals surface area contributed by atoms with Crippen molar-refractivity contribution in [3.05, 3.63) is 89.9 Å². The summed E-state index contributed by atoms with van der Waals surface area (Å²) in [6, 6.07) is 18.9. The molecule has 6 heteroatoms. The zero-order valence-electron chi connectivity index (χ0n) is 13.2. The van der Waals surface area contributed by atoms with Gasteiger partial charge in [-0.25, -0.2) is 9.78 Å². The van der Waals surface area contributed by atoms with Gasteiger partial charge in [-0.05, 0) is 16.7 Å². The molecule has 1 heterocycles. The Hall–Kier alpha value is -3.67. The molecule has 0 atom stereocenters. The Morgan fingerprint density at radius 3 is 2.04 bits per heavy atom. The normalized spacial score (nSPS) is 10.1. The summed E-state index contributed by atoms with van der Waals surface area (Å²) in [5, 5.41) is 0. The SMILES string of the molecule is NC(=O)c1[nH]cnc1OC(=O)C=C(c1ccccc1)c1ccccc1. The Bertz CT molecular complexity index is 874. The second-order valence-electron chi connectivity index (χ2n) is 5.16. The van der Waals surface area contributed by atoms with Crippen molar-refractivity contribution in [1.29, 1.82) is 0 Å². The van der Waals surface area contributed by atoms with Crippen molar-refractivity contribution >= 4 is 17.4 Å². The molecule has 0 saturated carbocycles. The van der Waals surface area contributed by atoms with Crippen LogP contribution in [0, 0.1) is 0 Å². The number of aromatic nitrogens is 2. The van der Waals surface area contributed by atoms with E-state index in [0.29, 0.717) is 5.57 Å². The maximum atomic E-state index is 12.3. The minimum Gasteiger partial charge on any atom is -0.402 e. The summed E-state index contributed by atoms with van der Waals surface area (Å²) in [7, 11) is 0. The van der Waals surface area contributed by atoms with Crippen LogP contribution in [-0.2, 0) is 4.79 Å². The highest BCUT2D eigenvalue weighted by molar-refractivity contribution is 5.98. The molecule has 25 heavy (non-hydrogen) atoms. The van der Waals surface area contributed by atoms with Crippen LogP contribution >= 0.6 is 0 Å². The van der Waals surface area contributed by atoms with Crippen LogP contribution in [0.3, 0.4) is 0 Å². The predicted octanol–water partition coefficient (Wildman–Crippen LogP) is 2.55. The van der Waals surface area contributed by atoms with Crippen molar-refractivity contribution in [2.24, 2.45) is 5.73 Å².